The first kappa shape index (κ1) is 37.6. The molecule has 3 aromatic heterocycles. The number of imidazole rings is 1. The maximum absolute atomic E-state index is 5.26. The molecule has 1 aliphatic rings. The van der Waals surface area contributed by atoms with E-state index in [9.17, 15) is 0 Å². The molecular formula is C58H37N5S2. The number of hydrogen-bond acceptors (Lipinski definition) is 6. The molecule has 1 unspecified atom stereocenters. The minimum absolute atomic E-state index is 0.338. The number of aliphatic imine (C=N–C) groups is 2. The highest BCUT2D eigenvalue weighted by molar-refractivity contribution is 7.26. The van der Waals surface area contributed by atoms with E-state index in [4.69, 9.17) is 15.0 Å². The Kier molecular flexibility index (Phi) is 8.89. The summed E-state index contributed by atoms with van der Waals surface area (Å²) in [5.41, 5.74) is 12.1. The van der Waals surface area contributed by atoms with E-state index in [1.807, 2.05) is 46.9 Å². The summed E-state index contributed by atoms with van der Waals surface area (Å²) in [5, 5.41) is 8.81. The molecule has 0 amide bonds. The Morgan fingerprint density at radius 3 is 1.92 bits per heavy atom. The maximum Gasteiger partial charge on any atom is 0.159 e. The van der Waals surface area contributed by atoms with Crippen molar-refractivity contribution in [2.75, 3.05) is 0 Å². The minimum Gasteiger partial charge on any atom is -0.344 e. The molecule has 1 atom stereocenters. The van der Waals surface area contributed by atoms with Gasteiger partial charge in [0, 0.05) is 62.7 Å². The van der Waals surface area contributed by atoms with Crippen LogP contribution in [-0.4, -0.2) is 21.2 Å². The number of nitrogens with zero attached hydrogens (tertiary/aromatic N) is 4. The van der Waals surface area contributed by atoms with Gasteiger partial charge in [0.1, 0.15) is 17.8 Å². The van der Waals surface area contributed by atoms with Crippen LogP contribution in [0.4, 0.5) is 0 Å². The summed E-state index contributed by atoms with van der Waals surface area (Å²) in [4.78, 5) is 15.5. The average Bonchev–Trinajstić information content (AvgIpc) is 4.08. The zero-order chi connectivity index (χ0) is 42.8. The Morgan fingerprint density at radius 1 is 0.446 bits per heavy atom. The lowest BCUT2D eigenvalue weighted by atomic mass is 9.98. The smallest absolute Gasteiger partial charge is 0.159 e. The number of fused-ring (bicyclic) bond motifs is 7. The van der Waals surface area contributed by atoms with Crippen molar-refractivity contribution in [3.63, 3.8) is 0 Å². The van der Waals surface area contributed by atoms with Crippen LogP contribution in [0.1, 0.15) is 22.9 Å². The van der Waals surface area contributed by atoms with Gasteiger partial charge in [0.25, 0.3) is 0 Å². The Labute approximate surface area is 383 Å². The molecule has 0 aliphatic carbocycles. The lowest BCUT2D eigenvalue weighted by Gasteiger charge is -2.24. The fourth-order valence-electron chi connectivity index (χ4n) is 9.36. The fraction of sp³-hybridized carbons (Fsp3) is 0.0172. The summed E-state index contributed by atoms with van der Waals surface area (Å²) >= 11 is 3.67. The van der Waals surface area contributed by atoms with Gasteiger partial charge in [0.05, 0.1) is 11.0 Å². The van der Waals surface area contributed by atoms with Crippen molar-refractivity contribution in [2.24, 2.45) is 9.98 Å². The van der Waals surface area contributed by atoms with Crippen LogP contribution in [0.15, 0.2) is 222 Å². The zero-order valence-corrected chi connectivity index (χ0v) is 36.5. The molecule has 0 radical (unpaired) electrons. The highest BCUT2D eigenvalue weighted by atomic mass is 32.1. The van der Waals surface area contributed by atoms with Crippen LogP contribution in [0, 0.1) is 0 Å². The van der Waals surface area contributed by atoms with Crippen molar-refractivity contribution in [3.05, 3.63) is 229 Å². The number of hydrogen-bond donors (Lipinski definition) is 1. The van der Waals surface area contributed by atoms with Gasteiger partial charge >= 0.3 is 0 Å². The van der Waals surface area contributed by atoms with E-state index in [2.05, 4.69) is 198 Å². The van der Waals surface area contributed by atoms with E-state index in [0.717, 1.165) is 62.0 Å². The van der Waals surface area contributed by atoms with Crippen molar-refractivity contribution in [2.45, 2.75) is 6.17 Å². The van der Waals surface area contributed by atoms with Crippen LogP contribution < -0.4 is 5.32 Å². The quantitative estimate of drug-likeness (QED) is 0.173. The Morgan fingerprint density at radius 2 is 1.08 bits per heavy atom. The summed E-state index contributed by atoms with van der Waals surface area (Å²) in [6.07, 6.45) is -0.338. The van der Waals surface area contributed by atoms with Gasteiger partial charge in [0.2, 0.25) is 0 Å². The Hall–Kier alpha value is -7.97. The van der Waals surface area contributed by atoms with Crippen molar-refractivity contribution >= 4 is 85.7 Å². The van der Waals surface area contributed by atoms with Gasteiger partial charge in [-0.05, 0) is 82.4 Å². The molecule has 0 bridgehead atoms. The normalized spacial score (nSPS) is 14.0. The second-order valence-electron chi connectivity index (χ2n) is 16.4. The van der Waals surface area contributed by atoms with Crippen LogP contribution in [-0.2, 0) is 0 Å². The largest absolute Gasteiger partial charge is 0.344 e. The van der Waals surface area contributed by atoms with E-state index in [0.29, 0.717) is 0 Å². The molecule has 306 valence electrons. The molecule has 4 heterocycles. The van der Waals surface area contributed by atoms with Gasteiger partial charge in [0.15, 0.2) is 5.84 Å². The van der Waals surface area contributed by atoms with E-state index in [-0.39, 0.29) is 6.17 Å². The first-order valence-corrected chi connectivity index (χ1v) is 23.4. The summed E-state index contributed by atoms with van der Waals surface area (Å²) < 4.78 is 7.28. The van der Waals surface area contributed by atoms with Crippen molar-refractivity contribution < 1.29 is 0 Å². The van der Waals surface area contributed by atoms with Crippen molar-refractivity contribution in [3.8, 4) is 39.3 Å². The predicted molar refractivity (Wildman–Crippen MR) is 275 cm³/mol. The molecule has 0 spiro atoms. The second kappa shape index (κ2) is 15.4. The van der Waals surface area contributed by atoms with Gasteiger partial charge in [-0.1, -0.05) is 158 Å². The van der Waals surface area contributed by atoms with Gasteiger partial charge in [-0.2, -0.15) is 0 Å². The van der Waals surface area contributed by atoms with E-state index in [1.54, 1.807) is 0 Å². The second-order valence-corrected chi connectivity index (χ2v) is 18.5. The molecule has 7 heteroatoms. The number of benzene rings is 9. The molecule has 1 aliphatic heterocycles. The van der Waals surface area contributed by atoms with E-state index >= 15 is 0 Å². The molecule has 0 saturated carbocycles. The molecule has 65 heavy (non-hydrogen) atoms. The monoisotopic (exact) mass is 867 g/mol. The van der Waals surface area contributed by atoms with E-state index < -0.39 is 0 Å². The number of para-hydroxylation sites is 3. The zero-order valence-electron chi connectivity index (χ0n) is 34.9. The molecule has 0 saturated heterocycles. The fourth-order valence-corrected chi connectivity index (χ4v) is 11.8. The van der Waals surface area contributed by atoms with Crippen LogP contribution in [0.5, 0.6) is 0 Å². The molecule has 1 N–H and O–H groups in total. The van der Waals surface area contributed by atoms with Gasteiger partial charge in [-0.3, -0.25) is 4.57 Å². The average molecular weight is 868 g/mol. The third-order valence-electron chi connectivity index (χ3n) is 12.5. The van der Waals surface area contributed by atoms with Gasteiger partial charge in [-0.15, -0.1) is 22.7 Å². The van der Waals surface area contributed by atoms with E-state index in [1.165, 1.54) is 57.0 Å². The molecule has 13 rings (SSSR count). The predicted octanol–water partition coefficient (Wildman–Crippen LogP) is 15.3. The third kappa shape index (κ3) is 6.47. The molecular weight excluding hydrogens is 831 g/mol. The number of rotatable bonds is 7. The number of thiophene rings is 2. The molecule has 9 aromatic carbocycles. The standard InChI is InChI=1S/C58H37N5S2/c1-3-14-37(15-4-1)55-60-56(62-57(61-55)47-24-13-22-45-44-20-7-10-27-51(44)64-54(45)47)41-17-11-16-40(34-41)43-21-12-23-46-48-35-39(32-33-52(48)65-53(43)46)36-28-30-38(31-29-36)58-59-49-25-8-9-26-50(49)63(58)42-18-5-2-6-19-42/h1-35,56H,(H,60,61,62). The maximum atomic E-state index is 5.26. The van der Waals surface area contributed by atoms with Crippen LogP contribution >= 0.6 is 22.7 Å². The topological polar surface area (TPSA) is 54.6 Å². The number of amidine groups is 2. The van der Waals surface area contributed by atoms with Gasteiger partial charge < -0.3 is 5.32 Å². The Bertz CT molecular complexity index is 3860. The SMILES string of the molecule is c1ccc(C2=NC(c3cccc(-c4cccc5c4sc4ccc(-c6ccc(-c7nc8ccccc8n7-c7ccccc7)cc6)cc45)c3)NC(c3cccc4c3sc3ccccc34)=N2)cc1. The summed E-state index contributed by atoms with van der Waals surface area (Å²) in [7, 11) is 0. The summed E-state index contributed by atoms with van der Waals surface area (Å²) in [6.45, 7) is 0. The third-order valence-corrected chi connectivity index (χ3v) is 14.9. The number of nitrogens with one attached hydrogen (secondary N) is 1. The van der Waals surface area contributed by atoms with Crippen LogP contribution in [0.3, 0.4) is 0 Å². The molecule has 5 nitrogen and oxygen atoms in total. The summed E-state index contributed by atoms with van der Waals surface area (Å²) in [5.74, 6) is 2.48. The lowest BCUT2D eigenvalue weighted by Crippen LogP contribution is -2.33. The minimum atomic E-state index is -0.338. The van der Waals surface area contributed by atoms with Crippen molar-refractivity contribution in [1.29, 1.82) is 0 Å². The van der Waals surface area contributed by atoms with Crippen LogP contribution in [0.25, 0.3) is 90.7 Å². The highest BCUT2D eigenvalue weighted by Gasteiger charge is 2.24. The molecule has 12 aromatic rings. The van der Waals surface area contributed by atoms with Gasteiger partial charge in [-0.25, -0.2) is 15.0 Å². The van der Waals surface area contributed by atoms with Crippen LogP contribution in [0.2, 0.25) is 0 Å². The first-order valence-electron chi connectivity index (χ1n) is 21.8. The first-order chi connectivity index (χ1) is 32.2. The molecule has 0 fully saturated rings. The summed E-state index contributed by atoms with van der Waals surface area (Å²) in [6, 6.07) is 75.6. The Balaban J connectivity index is 0.849. The highest BCUT2D eigenvalue weighted by Crippen LogP contribution is 2.43. The lowest BCUT2D eigenvalue weighted by molar-refractivity contribution is 0.675. The van der Waals surface area contributed by atoms with Crippen molar-refractivity contribution in [1.82, 2.24) is 14.9 Å². The number of aromatic nitrogens is 2.